The molecule has 1 unspecified atom stereocenters. The molecule has 1 aliphatic rings. The van der Waals surface area contributed by atoms with Gasteiger partial charge in [-0.05, 0) is 44.9 Å². The highest BCUT2D eigenvalue weighted by Gasteiger charge is 2.27. The fourth-order valence-electron chi connectivity index (χ4n) is 4.02. The van der Waals surface area contributed by atoms with E-state index >= 15 is 0 Å². The normalized spacial score (nSPS) is 19.6. The van der Waals surface area contributed by atoms with Crippen molar-refractivity contribution in [2.24, 2.45) is 0 Å². The minimum Gasteiger partial charge on any atom is -0.378 e. The van der Waals surface area contributed by atoms with Crippen LogP contribution in [0.5, 0.6) is 0 Å². The molecule has 2 aromatic heterocycles. The van der Waals surface area contributed by atoms with E-state index in [1.165, 1.54) is 0 Å². The van der Waals surface area contributed by atoms with Crippen LogP contribution in [0.2, 0.25) is 0 Å². The maximum Gasteiger partial charge on any atom is 0.227 e. The first kappa shape index (κ1) is 18.4. The molecule has 1 saturated heterocycles. The van der Waals surface area contributed by atoms with Gasteiger partial charge in [-0.25, -0.2) is 4.98 Å². The summed E-state index contributed by atoms with van der Waals surface area (Å²) in [6, 6.07) is 7.89. The summed E-state index contributed by atoms with van der Waals surface area (Å²) in [5.41, 5.74) is 3.10. The molecule has 7 heteroatoms. The van der Waals surface area contributed by atoms with Crippen molar-refractivity contribution in [3.8, 4) is 6.07 Å². The van der Waals surface area contributed by atoms with E-state index in [1.807, 2.05) is 19.1 Å². The van der Waals surface area contributed by atoms with Crippen molar-refractivity contribution in [1.82, 2.24) is 19.9 Å². The van der Waals surface area contributed by atoms with E-state index in [4.69, 9.17) is 9.72 Å². The zero-order valence-corrected chi connectivity index (χ0v) is 16.1. The van der Waals surface area contributed by atoms with E-state index in [9.17, 15) is 10.1 Å². The maximum absolute atomic E-state index is 12.3. The van der Waals surface area contributed by atoms with Gasteiger partial charge < -0.3 is 14.6 Å². The minimum atomic E-state index is -0.0471. The highest BCUT2D eigenvalue weighted by atomic mass is 16.5. The van der Waals surface area contributed by atoms with Crippen LogP contribution in [0, 0.1) is 11.3 Å². The Bertz CT molecular complexity index is 1080. The highest BCUT2D eigenvalue weighted by molar-refractivity contribution is 6.03. The number of carbonyl (C=O) groups excluding carboxylic acids is 1. The lowest BCUT2D eigenvalue weighted by atomic mass is 10.0. The molecule has 2 atom stereocenters. The van der Waals surface area contributed by atoms with E-state index in [1.54, 1.807) is 12.3 Å². The number of hydrogen-bond donors (Lipinski definition) is 1. The van der Waals surface area contributed by atoms with Crippen molar-refractivity contribution in [3.05, 3.63) is 35.8 Å². The largest absolute Gasteiger partial charge is 0.378 e. The summed E-state index contributed by atoms with van der Waals surface area (Å²) in [5, 5.41) is 13.1. The lowest BCUT2D eigenvalue weighted by molar-refractivity contribution is -0.120. The molecule has 7 nitrogen and oxygen atoms in total. The Morgan fingerprint density at radius 1 is 1.43 bits per heavy atom. The number of imidazole rings is 1. The van der Waals surface area contributed by atoms with Gasteiger partial charge in [0, 0.05) is 24.6 Å². The number of aromatic nitrogens is 3. The first-order valence-corrected chi connectivity index (χ1v) is 9.68. The molecule has 0 radical (unpaired) electrons. The first-order chi connectivity index (χ1) is 13.6. The quantitative estimate of drug-likeness (QED) is 0.755. The average molecular weight is 377 g/mol. The molecule has 1 aliphatic heterocycles. The van der Waals surface area contributed by atoms with E-state index in [-0.39, 0.29) is 24.5 Å². The van der Waals surface area contributed by atoms with Crippen molar-refractivity contribution < 1.29 is 9.53 Å². The molecule has 0 bridgehead atoms. The number of amides is 1. The van der Waals surface area contributed by atoms with Gasteiger partial charge in [0.2, 0.25) is 5.91 Å². The van der Waals surface area contributed by atoms with E-state index < -0.39 is 0 Å². The van der Waals surface area contributed by atoms with Crippen LogP contribution in [0.15, 0.2) is 24.4 Å². The summed E-state index contributed by atoms with van der Waals surface area (Å²) in [5.74, 6) is 0.686. The predicted molar refractivity (Wildman–Crippen MR) is 106 cm³/mol. The zero-order valence-electron chi connectivity index (χ0n) is 16.1. The lowest BCUT2D eigenvalue weighted by Gasteiger charge is -2.30. The van der Waals surface area contributed by atoms with E-state index in [0.29, 0.717) is 18.7 Å². The molecule has 0 saturated carbocycles. The van der Waals surface area contributed by atoms with Gasteiger partial charge in [-0.15, -0.1) is 0 Å². The molecule has 28 heavy (non-hydrogen) atoms. The average Bonchev–Trinajstić information content (AvgIpc) is 3.06. The summed E-state index contributed by atoms with van der Waals surface area (Å²) in [7, 11) is 0. The fourth-order valence-corrected chi connectivity index (χ4v) is 4.02. The van der Waals surface area contributed by atoms with Crippen LogP contribution >= 0.6 is 0 Å². The van der Waals surface area contributed by atoms with Crippen LogP contribution in [-0.4, -0.2) is 39.7 Å². The molecule has 3 aromatic rings. The molecule has 1 amide bonds. The smallest absolute Gasteiger partial charge is 0.227 e. The van der Waals surface area contributed by atoms with Crippen LogP contribution in [0.1, 0.15) is 44.1 Å². The highest BCUT2D eigenvalue weighted by Crippen LogP contribution is 2.34. The summed E-state index contributed by atoms with van der Waals surface area (Å²) >= 11 is 0. The summed E-state index contributed by atoms with van der Waals surface area (Å²) in [4.78, 5) is 21.6. The number of fused-ring (bicyclic) bond motifs is 3. The van der Waals surface area contributed by atoms with Crippen molar-refractivity contribution in [3.63, 3.8) is 0 Å². The molecule has 1 N–H and O–H groups in total. The second-order valence-corrected chi connectivity index (χ2v) is 7.22. The molecule has 3 heterocycles. The van der Waals surface area contributed by atoms with Crippen LogP contribution in [0.25, 0.3) is 21.9 Å². The van der Waals surface area contributed by atoms with E-state index in [2.05, 4.69) is 27.9 Å². The standard InChI is InChI=1S/C21H23N5O2/c1-3-23-20(27)10-19-25-18-12-24-17-5-4-14(11-22)9-16(17)21(18)26(19)15-6-7-28-13(2)8-15/h4-5,9,12-13,15H,3,6-8,10H2,1-2H3,(H,23,27)/t13-,15?/m1/s1. The number of benzene rings is 1. The topological polar surface area (TPSA) is 92.8 Å². The zero-order chi connectivity index (χ0) is 19.7. The number of rotatable bonds is 4. The number of pyridine rings is 1. The second kappa shape index (κ2) is 7.56. The van der Waals surface area contributed by atoms with Crippen LogP contribution < -0.4 is 5.32 Å². The molecule has 1 fully saturated rings. The van der Waals surface area contributed by atoms with Crippen molar-refractivity contribution in [2.75, 3.05) is 13.2 Å². The van der Waals surface area contributed by atoms with Gasteiger partial charge in [-0.3, -0.25) is 9.78 Å². The summed E-state index contributed by atoms with van der Waals surface area (Å²) in [6.07, 6.45) is 3.84. The van der Waals surface area contributed by atoms with Gasteiger partial charge >= 0.3 is 0 Å². The lowest BCUT2D eigenvalue weighted by Crippen LogP contribution is -2.29. The predicted octanol–water partition coefficient (Wildman–Crippen LogP) is 2.87. The van der Waals surface area contributed by atoms with E-state index in [0.717, 1.165) is 40.6 Å². The van der Waals surface area contributed by atoms with Gasteiger partial charge in [0.1, 0.15) is 11.3 Å². The summed E-state index contributed by atoms with van der Waals surface area (Å²) in [6.45, 7) is 5.24. The number of nitrogens with one attached hydrogen (secondary N) is 1. The number of ether oxygens (including phenoxy) is 1. The van der Waals surface area contributed by atoms with Crippen molar-refractivity contribution in [1.29, 1.82) is 5.26 Å². The summed E-state index contributed by atoms with van der Waals surface area (Å²) < 4.78 is 7.92. The van der Waals surface area contributed by atoms with Crippen molar-refractivity contribution in [2.45, 2.75) is 45.3 Å². The first-order valence-electron chi connectivity index (χ1n) is 9.68. The Hall–Kier alpha value is -2.98. The van der Waals surface area contributed by atoms with Crippen LogP contribution in [0.4, 0.5) is 0 Å². The maximum atomic E-state index is 12.3. The monoisotopic (exact) mass is 377 g/mol. The number of nitrogens with zero attached hydrogens (tertiary/aromatic N) is 4. The number of hydrogen-bond acceptors (Lipinski definition) is 5. The molecule has 1 aromatic carbocycles. The SMILES string of the molecule is CCNC(=O)Cc1nc2cnc3ccc(C#N)cc3c2n1C1CCO[C@H](C)C1. The third-order valence-electron chi connectivity index (χ3n) is 5.23. The number of carbonyl (C=O) groups is 1. The Morgan fingerprint density at radius 2 is 2.29 bits per heavy atom. The Balaban J connectivity index is 1.94. The number of likely N-dealkylation sites (N-methyl/N-ethyl adjacent to an activating group) is 1. The molecule has 144 valence electrons. The van der Waals surface area contributed by atoms with Gasteiger partial charge in [-0.1, -0.05) is 0 Å². The third kappa shape index (κ3) is 3.32. The van der Waals surface area contributed by atoms with Crippen LogP contribution in [-0.2, 0) is 16.0 Å². The fraction of sp³-hybridized carbons (Fsp3) is 0.429. The minimum absolute atomic E-state index is 0.0471. The number of nitriles is 1. The Kier molecular flexibility index (Phi) is 4.97. The Morgan fingerprint density at radius 3 is 3.04 bits per heavy atom. The van der Waals surface area contributed by atoms with Crippen LogP contribution in [0.3, 0.4) is 0 Å². The molecular weight excluding hydrogens is 354 g/mol. The van der Waals surface area contributed by atoms with Crippen molar-refractivity contribution >= 4 is 27.8 Å². The Labute approximate surface area is 163 Å². The second-order valence-electron chi connectivity index (χ2n) is 7.22. The van der Waals surface area contributed by atoms with Gasteiger partial charge in [0.15, 0.2) is 0 Å². The van der Waals surface area contributed by atoms with Gasteiger partial charge in [-0.2, -0.15) is 5.26 Å². The molecule has 4 rings (SSSR count). The third-order valence-corrected chi connectivity index (χ3v) is 5.23. The molecular formula is C21H23N5O2. The molecule has 0 spiro atoms. The van der Waals surface area contributed by atoms with Gasteiger partial charge in [0.25, 0.3) is 0 Å². The van der Waals surface area contributed by atoms with Gasteiger partial charge in [0.05, 0.1) is 41.4 Å². The molecule has 0 aliphatic carbocycles.